The van der Waals surface area contributed by atoms with Gasteiger partial charge in [-0.25, -0.2) is 0 Å². The molecule has 2 aromatic carbocycles. The maximum atomic E-state index is 12.7. The molecule has 5 heteroatoms. The van der Waals surface area contributed by atoms with Crippen molar-refractivity contribution in [3.05, 3.63) is 53.6 Å². The summed E-state index contributed by atoms with van der Waals surface area (Å²) in [7, 11) is 0. The Morgan fingerprint density at radius 2 is 1.78 bits per heavy atom. The highest BCUT2D eigenvalue weighted by Crippen LogP contribution is 2.34. The van der Waals surface area contributed by atoms with Crippen molar-refractivity contribution in [1.82, 2.24) is 5.32 Å². The molecule has 0 saturated carbocycles. The van der Waals surface area contributed by atoms with Crippen LogP contribution >= 0.6 is 0 Å². The van der Waals surface area contributed by atoms with Crippen molar-refractivity contribution in [3.63, 3.8) is 0 Å². The molecule has 0 radical (unpaired) electrons. The lowest BCUT2D eigenvalue weighted by Gasteiger charge is -2.26. The molecule has 1 heterocycles. The SMILES string of the molecule is Cc1cccc(OC(C)C(=O)NC(c2ccc3c(c2)OCCO3)C(C)C)c1. The van der Waals surface area contributed by atoms with Crippen LogP contribution in [0.1, 0.15) is 37.9 Å². The quantitative estimate of drug-likeness (QED) is 0.835. The summed E-state index contributed by atoms with van der Waals surface area (Å²) >= 11 is 0. The molecule has 2 aromatic rings. The maximum Gasteiger partial charge on any atom is 0.261 e. The van der Waals surface area contributed by atoms with Crippen molar-refractivity contribution in [3.8, 4) is 17.2 Å². The molecule has 0 bridgehead atoms. The first kappa shape index (κ1) is 19.1. The van der Waals surface area contributed by atoms with Gasteiger partial charge in [0.05, 0.1) is 6.04 Å². The summed E-state index contributed by atoms with van der Waals surface area (Å²) in [5, 5.41) is 3.11. The first-order chi connectivity index (χ1) is 12.9. The van der Waals surface area contributed by atoms with Gasteiger partial charge in [0, 0.05) is 0 Å². The van der Waals surface area contributed by atoms with E-state index in [0.29, 0.717) is 19.0 Å². The summed E-state index contributed by atoms with van der Waals surface area (Å²) in [6, 6.07) is 13.4. The van der Waals surface area contributed by atoms with Gasteiger partial charge in [-0.3, -0.25) is 4.79 Å². The average molecular weight is 369 g/mol. The van der Waals surface area contributed by atoms with Crippen molar-refractivity contribution in [2.45, 2.75) is 39.8 Å². The van der Waals surface area contributed by atoms with Crippen LogP contribution in [0.5, 0.6) is 17.2 Å². The van der Waals surface area contributed by atoms with Crippen LogP contribution < -0.4 is 19.5 Å². The molecule has 0 spiro atoms. The summed E-state index contributed by atoms with van der Waals surface area (Å²) in [5.74, 6) is 2.23. The Morgan fingerprint density at radius 1 is 1.04 bits per heavy atom. The van der Waals surface area contributed by atoms with Gasteiger partial charge in [0.15, 0.2) is 17.6 Å². The lowest BCUT2D eigenvalue weighted by atomic mass is 9.95. The van der Waals surface area contributed by atoms with Crippen LogP contribution in [-0.2, 0) is 4.79 Å². The van der Waals surface area contributed by atoms with Crippen LogP contribution in [0.4, 0.5) is 0 Å². The molecule has 2 atom stereocenters. The van der Waals surface area contributed by atoms with E-state index in [0.717, 1.165) is 22.6 Å². The molecular formula is C22H27NO4. The van der Waals surface area contributed by atoms with Crippen LogP contribution in [0.2, 0.25) is 0 Å². The minimum Gasteiger partial charge on any atom is -0.486 e. The van der Waals surface area contributed by atoms with E-state index in [1.165, 1.54) is 0 Å². The van der Waals surface area contributed by atoms with Gasteiger partial charge < -0.3 is 19.5 Å². The molecule has 5 nitrogen and oxygen atoms in total. The molecule has 0 aliphatic carbocycles. The number of rotatable bonds is 6. The zero-order valence-electron chi connectivity index (χ0n) is 16.3. The van der Waals surface area contributed by atoms with Crippen molar-refractivity contribution < 1.29 is 19.0 Å². The number of hydrogen-bond donors (Lipinski definition) is 1. The van der Waals surface area contributed by atoms with Gasteiger partial charge in [-0.05, 0) is 55.2 Å². The van der Waals surface area contributed by atoms with Gasteiger partial charge in [0.25, 0.3) is 5.91 Å². The van der Waals surface area contributed by atoms with E-state index >= 15 is 0 Å². The first-order valence-electron chi connectivity index (χ1n) is 9.37. The third-order valence-electron chi connectivity index (χ3n) is 4.56. The van der Waals surface area contributed by atoms with E-state index in [-0.39, 0.29) is 17.9 Å². The van der Waals surface area contributed by atoms with E-state index in [4.69, 9.17) is 14.2 Å². The Bertz CT molecular complexity index is 803. The van der Waals surface area contributed by atoms with E-state index < -0.39 is 6.10 Å². The minimum atomic E-state index is -0.592. The number of fused-ring (bicyclic) bond motifs is 1. The predicted molar refractivity (Wildman–Crippen MR) is 104 cm³/mol. The Balaban J connectivity index is 1.71. The highest BCUT2D eigenvalue weighted by atomic mass is 16.6. The zero-order valence-corrected chi connectivity index (χ0v) is 16.3. The normalized spacial score (nSPS) is 15.1. The Kier molecular flexibility index (Phi) is 5.89. The second-order valence-electron chi connectivity index (χ2n) is 7.21. The summed E-state index contributed by atoms with van der Waals surface area (Å²) in [5.41, 5.74) is 2.08. The standard InChI is InChI=1S/C22H27NO4/c1-14(2)21(17-8-9-19-20(13-17)26-11-10-25-19)23-22(24)16(4)27-18-7-5-6-15(3)12-18/h5-9,12-14,16,21H,10-11H2,1-4H3,(H,23,24). The predicted octanol–water partition coefficient (Wildman–Crippen LogP) is 4.05. The molecule has 2 unspecified atom stereocenters. The van der Waals surface area contributed by atoms with Crippen LogP contribution in [0.3, 0.4) is 0 Å². The number of ether oxygens (including phenoxy) is 3. The van der Waals surface area contributed by atoms with Crippen molar-refractivity contribution in [2.24, 2.45) is 5.92 Å². The van der Waals surface area contributed by atoms with Gasteiger partial charge in [-0.2, -0.15) is 0 Å². The van der Waals surface area contributed by atoms with Crippen LogP contribution in [-0.4, -0.2) is 25.2 Å². The second-order valence-corrected chi connectivity index (χ2v) is 7.21. The number of carbonyl (C=O) groups excluding carboxylic acids is 1. The smallest absolute Gasteiger partial charge is 0.261 e. The number of aryl methyl sites for hydroxylation is 1. The molecular weight excluding hydrogens is 342 g/mol. The number of nitrogens with one attached hydrogen (secondary N) is 1. The number of carbonyl (C=O) groups is 1. The molecule has 0 aromatic heterocycles. The van der Waals surface area contributed by atoms with Gasteiger partial charge in [-0.15, -0.1) is 0 Å². The van der Waals surface area contributed by atoms with E-state index in [1.807, 2.05) is 49.4 Å². The fourth-order valence-electron chi connectivity index (χ4n) is 3.11. The highest BCUT2D eigenvalue weighted by molar-refractivity contribution is 5.81. The number of hydrogen-bond acceptors (Lipinski definition) is 4. The average Bonchev–Trinajstić information content (AvgIpc) is 2.65. The van der Waals surface area contributed by atoms with E-state index in [1.54, 1.807) is 6.92 Å². The topological polar surface area (TPSA) is 56.8 Å². The Hall–Kier alpha value is -2.69. The minimum absolute atomic E-state index is 0.142. The number of amides is 1. The molecule has 1 aliphatic rings. The summed E-state index contributed by atoms with van der Waals surface area (Å²) in [4.78, 5) is 12.7. The van der Waals surface area contributed by atoms with Gasteiger partial charge in [0.2, 0.25) is 0 Å². The summed E-state index contributed by atoms with van der Waals surface area (Å²) < 4.78 is 17.1. The molecule has 0 saturated heterocycles. The lowest BCUT2D eigenvalue weighted by Crippen LogP contribution is -2.40. The molecule has 3 rings (SSSR count). The van der Waals surface area contributed by atoms with Crippen LogP contribution in [0.15, 0.2) is 42.5 Å². The van der Waals surface area contributed by atoms with E-state index in [2.05, 4.69) is 19.2 Å². The first-order valence-corrected chi connectivity index (χ1v) is 9.37. The largest absolute Gasteiger partial charge is 0.486 e. The second kappa shape index (κ2) is 8.33. The zero-order chi connectivity index (χ0) is 19.4. The number of benzene rings is 2. The fourth-order valence-corrected chi connectivity index (χ4v) is 3.11. The van der Waals surface area contributed by atoms with Gasteiger partial charge in [-0.1, -0.05) is 32.0 Å². The Morgan fingerprint density at radius 3 is 2.48 bits per heavy atom. The highest BCUT2D eigenvalue weighted by Gasteiger charge is 2.24. The summed E-state index contributed by atoms with van der Waals surface area (Å²) in [6.45, 7) is 9.01. The molecule has 1 N–H and O–H groups in total. The monoisotopic (exact) mass is 369 g/mol. The summed E-state index contributed by atoms with van der Waals surface area (Å²) in [6.07, 6.45) is -0.592. The molecule has 0 fully saturated rings. The fraction of sp³-hybridized carbons (Fsp3) is 0.409. The molecule has 27 heavy (non-hydrogen) atoms. The van der Waals surface area contributed by atoms with E-state index in [9.17, 15) is 4.79 Å². The van der Waals surface area contributed by atoms with Crippen LogP contribution in [0.25, 0.3) is 0 Å². The molecule has 1 aliphatic heterocycles. The van der Waals surface area contributed by atoms with Gasteiger partial charge in [0.1, 0.15) is 19.0 Å². The molecule has 1 amide bonds. The lowest BCUT2D eigenvalue weighted by molar-refractivity contribution is -0.128. The van der Waals surface area contributed by atoms with Crippen LogP contribution in [0, 0.1) is 12.8 Å². The third kappa shape index (κ3) is 4.73. The third-order valence-corrected chi connectivity index (χ3v) is 4.56. The van der Waals surface area contributed by atoms with Crippen molar-refractivity contribution >= 4 is 5.91 Å². The van der Waals surface area contributed by atoms with Crippen molar-refractivity contribution in [2.75, 3.05) is 13.2 Å². The van der Waals surface area contributed by atoms with Gasteiger partial charge >= 0.3 is 0 Å². The Labute approximate surface area is 160 Å². The molecule has 144 valence electrons. The maximum absolute atomic E-state index is 12.7. The van der Waals surface area contributed by atoms with Crippen molar-refractivity contribution in [1.29, 1.82) is 0 Å².